The highest BCUT2D eigenvalue weighted by atomic mass is 35.5. The Morgan fingerprint density at radius 3 is 2.67 bits per heavy atom. The molecule has 0 aliphatic carbocycles. The first-order chi connectivity index (χ1) is 11.1. The number of benzene rings is 1. The Balaban J connectivity index is 2.61. The molecule has 0 fully saturated rings. The summed E-state index contributed by atoms with van der Waals surface area (Å²) >= 11 is 5.66. The largest absolute Gasteiger partial charge is 0.502 e. The molecule has 0 amide bonds. The van der Waals surface area contributed by atoms with E-state index in [2.05, 4.69) is 0 Å². The summed E-state index contributed by atoms with van der Waals surface area (Å²) in [5.74, 6) is -4.15. The highest BCUT2D eigenvalue weighted by Gasteiger charge is 2.28. The Kier molecular flexibility index (Phi) is 5.05. The highest BCUT2D eigenvalue weighted by molar-refractivity contribution is 7.92. The van der Waals surface area contributed by atoms with Crippen molar-refractivity contribution in [1.29, 1.82) is 0 Å². The summed E-state index contributed by atoms with van der Waals surface area (Å²) in [5.41, 5.74) is -0.188. The molecule has 0 atom stereocenters. The highest BCUT2D eigenvalue weighted by Crippen LogP contribution is 2.47. The molecule has 2 N–H and O–H groups in total. The van der Waals surface area contributed by atoms with Crippen molar-refractivity contribution in [2.24, 2.45) is 0 Å². The fourth-order valence-corrected chi connectivity index (χ4v) is 2.50. The van der Waals surface area contributed by atoms with E-state index in [1.807, 2.05) is 4.72 Å². The quantitative estimate of drug-likeness (QED) is 0.775. The number of esters is 1. The Hall–Kier alpha value is -2.26. The zero-order valence-corrected chi connectivity index (χ0v) is 14.2. The number of hydrogen-bond acceptors (Lipinski definition) is 6. The van der Waals surface area contributed by atoms with Gasteiger partial charge in [-0.25, -0.2) is 17.5 Å². The molecule has 1 aromatic heterocycles. The van der Waals surface area contributed by atoms with Crippen molar-refractivity contribution < 1.29 is 31.9 Å². The van der Waals surface area contributed by atoms with E-state index < -0.39 is 45.0 Å². The molecule has 0 aliphatic heterocycles. The van der Waals surface area contributed by atoms with Crippen LogP contribution in [-0.2, 0) is 14.8 Å². The standard InChI is InChI=1S/C14H13ClFNO6S/c1-3-24(20,21)17-14-13(22-7(2)18)11(19)12(23-14)9-5-4-8(15)6-10(9)16/h4-6,17,19H,3H2,1-2H3. The van der Waals surface area contributed by atoms with Crippen LogP contribution < -0.4 is 9.46 Å². The van der Waals surface area contributed by atoms with E-state index >= 15 is 0 Å². The summed E-state index contributed by atoms with van der Waals surface area (Å²) in [6, 6.07) is 3.56. The van der Waals surface area contributed by atoms with E-state index in [1.165, 1.54) is 19.1 Å². The average molecular weight is 378 g/mol. The molecule has 0 radical (unpaired) electrons. The van der Waals surface area contributed by atoms with Crippen LogP contribution in [-0.4, -0.2) is 25.2 Å². The second kappa shape index (κ2) is 6.70. The molecule has 0 unspecified atom stereocenters. The number of carbonyl (C=O) groups is 1. The van der Waals surface area contributed by atoms with Crippen molar-refractivity contribution in [1.82, 2.24) is 0 Å². The molecule has 7 nitrogen and oxygen atoms in total. The molecule has 0 saturated carbocycles. The van der Waals surface area contributed by atoms with Gasteiger partial charge in [-0.3, -0.25) is 4.79 Å². The third-order valence-electron chi connectivity index (χ3n) is 2.89. The monoisotopic (exact) mass is 377 g/mol. The van der Waals surface area contributed by atoms with Crippen molar-refractivity contribution in [3.63, 3.8) is 0 Å². The molecule has 1 aromatic carbocycles. The van der Waals surface area contributed by atoms with E-state index in [9.17, 15) is 22.7 Å². The molecule has 130 valence electrons. The van der Waals surface area contributed by atoms with Crippen LogP contribution in [0.3, 0.4) is 0 Å². The van der Waals surface area contributed by atoms with Gasteiger partial charge in [0.25, 0.3) is 5.88 Å². The molecule has 0 bridgehead atoms. The SMILES string of the molecule is CCS(=O)(=O)Nc1oc(-c2ccc(Cl)cc2F)c(O)c1OC(C)=O. The predicted octanol–water partition coefficient (Wildman–Crippen LogP) is 3.13. The minimum absolute atomic E-state index is 0.120. The summed E-state index contributed by atoms with van der Waals surface area (Å²) in [4.78, 5) is 11.2. The third kappa shape index (κ3) is 3.80. The van der Waals surface area contributed by atoms with Gasteiger partial charge in [0.05, 0.1) is 11.3 Å². The zero-order chi connectivity index (χ0) is 18.1. The van der Waals surface area contributed by atoms with Gasteiger partial charge >= 0.3 is 5.97 Å². The van der Waals surface area contributed by atoms with E-state index in [0.29, 0.717) is 0 Å². The number of furan rings is 1. The lowest BCUT2D eigenvalue weighted by Crippen LogP contribution is -2.15. The lowest BCUT2D eigenvalue weighted by molar-refractivity contribution is -0.131. The molecule has 2 aromatic rings. The Morgan fingerprint density at radius 1 is 1.46 bits per heavy atom. The molecule has 0 spiro atoms. The topological polar surface area (TPSA) is 106 Å². The fraction of sp³-hybridized carbons (Fsp3) is 0.214. The lowest BCUT2D eigenvalue weighted by Gasteiger charge is -2.04. The summed E-state index contributed by atoms with van der Waals surface area (Å²) in [7, 11) is -3.79. The molecule has 0 aliphatic rings. The number of halogens is 2. The number of carbonyl (C=O) groups excluding carboxylic acids is 1. The van der Waals surface area contributed by atoms with Crippen molar-refractivity contribution in [3.8, 4) is 22.8 Å². The van der Waals surface area contributed by atoms with Crippen molar-refractivity contribution in [2.75, 3.05) is 10.5 Å². The minimum atomic E-state index is -3.79. The molecule has 2 rings (SSSR count). The summed E-state index contributed by atoms with van der Waals surface area (Å²) in [6.45, 7) is 2.42. The van der Waals surface area contributed by atoms with Crippen LogP contribution in [0.2, 0.25) is 5.02 Å². The molecule has 24 heavy (non-hydrogen) atoms. The number of hydrogen-bond donors (Lipinski definition) is 2. The number of nitrogens with one attached hydrogen (secondary N) is 1. The van der Waals surface area contributed by atoms with Gasteiger partial charge in [-0.1, -0.05) is 11.6 Å². The van der Waals surface area contributed by atoms with Gasteiger partial charge in [0, 0.05) is 11.9 Å². The Bertz CT molecular complexity index is 893. The van der Waals surface area contributed by atoms with Gasteiger partial charge in [0.1, 0.15) is 5.82 Å². The van der Waals surface area contributed by atoms with Gasteiger partial charge < -0.3 is 14.3 Å². The van der Waals surface area contributed by atoms with Gasteiger partial charge in [0.2, 0.25) is 21.5 Å². The van der Waals surface area contributed by atoms with Gasteiger partial charge in [-0.2, -0.15) is 0 Å². The lowest BCUT2D eigenvalue weighted by atomic mass is 10.1. The van der Waals surface area contributed by atoms with E-state index in [4.69, 9.17) is 20.8 Å². The van der Waals surface area contributed by atoms with E-state index in [1.54, 1.807) is 0 Å². The van der Waals surface area contributed by atoms with Crippen LogP contribution in [0.1, 0.15) is 13.8 Å². The van der Waals surface area contributed by atoms with Crippen LogP contribution in [0.15, 0.2) is 22.6 Å². The summed E-state index contributed by atoms with van der Waals surface area (Å²) in [5, 5.41) is 10.3. The second-order valence-electron chi connectivity index (χ2n) is 4.66. The van der Waals surface area contributed by atoms with E-state index in [-0.39, 0.29) is 16.3 Å². The number of anilines is 1. The first kappa shape index (κ1) is 18.1. The van der Waals surface area contributed by atoms with Gasteiger partial charge in [-0.05, 0) is 25.1 Å². The molecule has 10 heteroatoms. The first-order valence-corrected chi connectivity index (χ1v) is 8.67. The van der Waals surface area contributed by atoms with E-state index in [0.717, 1.165) is 13.0 Å². The predicted molar refractivity (Wildman–Crippen MR) is 85.2 cm³/mol. The number of rotatable bonds is 5. The Morgan fingerprint density at radius 2 is 2.12 bits per heavy atom. The minimum Gasteiger partial charge on any atom is -0.502 e. The molecular formula is C14H13ClFNO6S. The molecule has 0 saturated heterocycles. The first-order valence-electron chi connectivity index (χ1n) is 6.64. The number of ether oxygens (including phenoxy) is 1. The Labute approximate surface area is 142 Å². The van der Waals surface area contributed by atoms with Crippen molar-refractivity contribution >= 4 is 33.5 Å². The number of sulfonamides is 1. The van der Waals surface area contributed by atoms with Crippen LogP contribution in [0, 0.1) is 5.82 Å². The zero-order valence-electron chi connectivity index (χ0n) is 12.6. The van der Waals surface area contributed by atoms with Crippen molar-refractivity contribution in [3.05, 3.63) is 29.0 Å². The maximum atomic E-state index is 14.0. The summed E-state index contributed by atoms with van der Waals surface area (Å²) < 4.78 is 49.4. The summed E-state index contributed by atoms with van der Waals surface area (Å²) in [6.07, 6.45) is 0. The number of aromatic hydroxyl groups is 1. The second-order valence-corrected chi connectivity index (χ2v) is 7.11. The van der Waals surface area contributed by atoms with Crippen LogP contribution in [0.5, 0.6) is 11.5 Å². The normalized spacial score (nSPS) is 11.3. The molecule has 1 heterocycles. The third-order valence-corrected chi connectivity index (χ3v) is 4.38. The van der Waals surface area contributed by atoms with Crippen molar-refractivity contribution in [2.45, 2.75) is 13.8 Å². The van der Waals surface area contributed by atoms with Crippen LogP contribution in [0.4, 0.5) is 10.3 Å². The molecular weight excluding hydrogens is 365 g/mol. The maximum Gasteiger partial charge on any atom is 0.308 e. The van der Waals surface area contributed by atoms with Gasteiger partial charge in [-0.15, -0.1) is 0 Å². The van der Waals surface area contributed by atoms with Crippen LogP contribution in [0.25, 0.3) is 11.3 Å². The maximum absolute atomic E-state index is 14.0. The fourth-order valence-electron chi connectivity index (χ4n) is 1.78. The smallest absolute Gasteiger partial charge is 0.308 e. The van der Waals surface area contributed by atoms with Crippen LogP contribution >= 0.6 is 11.6 Å². The average Bonchev–Trinajstić information content (AvgIpc) is 2.75. The van der Waals surface area contributed by atoms with Gasteiger partial charge in [0.15, 0.2) is 5.76 Å².